The highest BCUT2D eigenvalue weighted by Crippen LogP contribution is 2.57. The van der Waals surface area contributed by atoms with Crippen LogP contribution in [0.3, 0.4) is 0 Å². The molecule has 0 radical (unpaired) electrons. The summed E-state index contributed by atoms with van der Waals surface area (Å²) in [6, 6.07) is 12.7. The van der Waals surface area contributed by atoms with Gasteiger partial charge in [0, 0.05) is 42.4 Å². The lowest BCUT2D eigenvalue weighted by atomic mass is 9.56. The maximum absolute atomic E-state index is 13.6. The summed E-state index contributed by atoms with van der Waals surface area (Å²) in [6.45, 7) is 7.42. The molecule has 1 amide bonds. The number of carbonyl (C=O) groups excluding carboxylic acids is 1. The normalized spacial score (nSPS) is 25.0. The van der Waals surface area contributed by atoms with E-state index in [0.29, 0.717) is 11.7 Å². The number of nitrogens with zero attached hydrogens (tertiary/aromatic N) is 5. The molecule has 5 aliphatic rings. The Labute approximate surface area is 265 Å². The van der Waals surface area contributed by atoms with Crippen LogP contribution in [0.5, 0.6) is 0 Å². The molecule has 4 aromatic rings. The number of amides is 1. The summed E-state index contributed by atoms with van der Waals surface area (Å²) in [5.41, 5.74) is 6.92. The predicted molar refractivity (Wildman–Crippen MR) is 172 cm³/mol. The van der Waals surface area contributed by atoms with Crippen molar-refractivity contribution in [2.45, 2.75) is 81.2 Å². The third kappa shape index (κ3) is 4.07. The van der Waals surface area contributed by atoms with Crippen molar-refractivity contribution in [3.05, 3.63) is 77.1 Å². The summed E-state index contributed by atoms with van der Waals surface area (Å²) in [6.07, 6.45) is 8.65. The van der Waals surface area contributed by atoms with Gasteiger partial charge in [0.2, 0.25) is 0 Å². The number of fused-ring (bicyclic) bond motifs is 9. The van der Waals surface area contributed by atoms with Crippen LogP contribution in [0.25, 0.3) is 22.2 Å². The Hall–Kier alpha value is -3.47. The minimum Gasteiger partial charge on any atom is -0.380 e. The number of hydrogen-bond donors (Lipinski definition) is 1. The lowest BCUT2D eigenvalue weighted by Crippen LogP contribution is -2.66. The van der Waals surface area contributed by atoms with E-state index < -0.39 is 21.3 Å². The zero-order valence-corrected chi connectivity index (χ0v) is 27.0. The first-order valence-corrected chi connectivity index (χ1v) is 17.2. The van der Waals surface area contributed by atoms with Gasteiger partial charge in [-0.3, -0.25) is 4.79 Å². The van der Waals surface area contributed by atoms with Crippen LogP contribution >= 0.6 is 0 Å². The first-order valence-electron chi connectivity index (χ1n) is 16.1. The highest BCUT2D eigenvalue weighted by Gasteiger charge is 2.61. The fourth-order valence-electron chi connectivity index (χ4n) is 8.23. The van der Waals surface area contributed by atoms with Gasteiger partial charge in [0.1, 0.15) is 11.6 Å². The van der Waals surface area contributed by atoms with Gasteiger partial charge in [-0.25, -0.2) is 23.9 Å². The van der Waals surface area contributed by atoms with E-state index in [1.54, 1.807) is 0 Å². The van der Waals surface area contributed by atoms with Crippen LogP contribution < -0.4 is 4.72 Å². The molecule has 2 saturated carbocycles. The minimum atomic E-state index is -1.25. The maximum atomic E-state index is 13.6. The van der Waals surface area contributed by atoms with Gasteiger partial charge in [0.05, 0.1) is 57.6 Å². The number of carbonyl (C=O) groups is 1. The van der Waals surface area contributed by atoms with Crippen molar-refractivity contribution in [1.82, 2.24) is 29.1 Å². The molecule has 2 aromatic carbocycles. The van der Waals surface area contributed by atoms with Crippen LogP contribution in [-0.4, -0.2) is 59.5 Å². The van der Waals surface area contributed by atoms with Gasteiger partial charge in [0.15, 0.2) is 0 Å². The molecular formula is C35H38N6O3S. The lowest BCUT2D eigenvalue weighted by Gasteiger charge is -2.59. The van der Waals surface area contributed by atoms with Crippen molar-refractivity contribution in [2.24, 2.45) is 5.41 Å². The van der Waals surface area contributed by atoms with Crippen molar-refractivity contribution >= 4 is 27.9 Å². The summed E-state index contributed by atoms with van der Waals surface area (Å²) in [7, 11) is 0.670. The van der Waals surface area contributed by atoms with Crippen molar-refractivity contribution in [3.63, 3.8) is 0 Å². The number of imidazole rings is 1. The molecule has 9 nitrogen and oxygen atoms in total. The first-order chi connectivity index (χ1) is 21.6. The van der Waals surface area contributed by atoms with E-state index in [-0.39, 0.29) is 23.4 Å². The molecule has 45 heavy (non-hydrogen) atoms. The second-order valence-electron chi connectivity index (χ2n) is 15.0. The van der Waals surface area contributed by atoms with E-state index in [0.717, 1.165) is 66.0 Å². The summed E-state index contributed by atoms with van der Waals surface area (Å²) in [5, 5.41) is 0. The molecule has 3 aliphatic heterocycles. The fraction of sp³-hybridized carbons (Fsp3) is 0.486. The molecule has 2 bridgehead atoms. The van der Waals surface area contributed by atoms with Crippen molar-refractivity contribution in [3.8, 4) is 11.1 Å². The number of ether oxygens (including phenoxy) is 1. The summed E-state index contributed by atoms with van der Waals surface area (Å²) >= 11 is 0. The zero-order chi connectivity index (χ0) is 30.9. The molecule has 1 N–H and O–H groups in total. The van der Waals surface area contributed by atoms with Crippen LogP contribution in [0.1, 0.15) is 104 Å². The Bertz CT molecular complexity index is 1910. The van der Waals surface area contributed by atoms with E-state index in [9.17, 15) is 9.00 Å². The lowest BCUT2D eigenvalue weighted by molar-refractivity contribution is -0.192. The van der Waals surface area contributed by atoms with E-state index in [4.69, 9.17) is 19.7 Å². The Morgan fingerprint density at radius 3 is 2.44 bits per heavy atom. The van der Waals surface area contributed by atoms with Crippen molar-refractivity contribution in [1.29, 1.82) is 0 Å². The predicted octanol–water partition coefficient (Wildman–Crippen LogP) is 5.55. The SMILES string of the molecule is CN1C(=O)c2cccc(C3CC3)c2[C@H]2C[C@@H]1c1nc3ccc(-c4cnc(C5(NS(=O)C(C)(C)C)CC6(COC6)C5)nc4)cc3n12. The van der Waals surface area contributed by atoms with Gasteiger partial charge in [-0.05, 0) is 87.3 Å². The van der Waals surface area contributed by atoms with Crippen LogP contribution in [0.15, 0.2) is 48.8 Å². The molecule has 3 fully saturated rings. The second kappa shape index (κ2) is 9.30. The molecule has 2 aliphatic carbocycles. The number of nitrogens with one attached hydrogen (secondary N) is 1. The highest BCUT2D eigenvalue weighted by molar-refractivity contribution is 7.84. The van der Waals surface area contributed by atoms with Crippen LogP contribution in [0.2, 0.25) is 0 Å². The summed E-state index contributed by atoms with van der Waals surface area (Å²) in [5.74, 6) is 2.29. The standard InChI is InChI=1S/C35H38N6O3S/c1-33(2,3)45(43)39-35(16-34(17-35)18-44-19-34)32-36-14-22(15-37-32)21-10-11-25-26(12-21)41-27-13-28(30(41)38-25)40(4)31(42)24-7-5-6-23(29(24)27)20-8-9-20/h5-7,10-12,14-15,20,27-28,39H,8-9,13,16-19H2,1-4H3/t27-,28-,45?/m1/s1. The van der Waals surface area contributed by atoms with Crippen molar-refractivity contribution in [2.75, 3.05) is 20.3 Å². The Morgan fingerprint density at radius 1 is 1.02 bits per heavy atom. The smallest absolute Gasteiger partial charge is 0.254 e. The molecular weight excluding hydrogens is 584 g/mol. The molecule has 1 spiro atoms. The quantitative estimate of drug-likeness (QED) is 0.313. The Balaban J connectivity index is 1.09. The van der Waals surface area contributed by atoms with Gasteiger partial charge in [-0.15, -0.1) is 0 Å². The molecule has 1 unspecified atom stereocenters. The van der Waals surface area contributed by atoms with E-state index >= 15 is 0 Å². The fourth-order valence-corrected chi connectivity index (χ4v) is 9.13. The van der Waals surface area contributed by atoms with Gasteiger partial charge in [-0.1, -0.05) is 18.2 Å². The molecule has 3 atom stereocenters. The third-order valence-electron chi connectivity index (χ3n) is 10.7. The maximum Gasteiger partial charge on any atom is 0.254 e. The van der Waals surface area contributed by atoms with Gasteiger partial charge >= 0.3 is 0 Å². The summed E-state index contributed by atoms with van der Waals surface area (Å²) < 4.78 is 24.2. The molecule has 10 heteroatoms. The van der Waals surface area contributed by atoms with E-state index in [1.807, 2.05) is 51.2 Å². The monoisotopic (exact) mass is 622 g/mol. The molecule has 9 rings (SSSR count). The number of aromatic nitrogens is 4. The average molecular weight is 623 g/mol. The van der Waals surface area contributed by atoms with Crippen LogP contribution in [-0.2, 0) is 21.3 Å². The molecule has 5 heterocycles. The Kier molecular flexibility index (Phi) is 5.75. The number of hydrogen-bond acceptors (Lipinski definition) is 6. The number of rotatable bonds is 5. The van der Waals surface area contributed by atoms with Gasteiger partial charge in [0.25, 0.3) is 5.91 Å². The first kappa shape index (κ1) is 27.8. The Morgan fingerprint density at radius 2 is 1.78 bits per heavy atom. The number of benzene rings is 2. The average Bonchev–Trinajstić information content (AvgIpc) is 3.69. The highest BCUT2D eigenvalue weighted by atomic mass is 32.2. The van der Waals surface area contributed by atoms with Gasteiger partial charge < -0.3 is 14.2 Å². The minimum absolute atomic E-state index is 0.0606. The largest absolute Gasteiger partial charge is 0.380 e. The van der Waals surface area contributed by atoms with Crippen molar-refractivity contribution < 1.29 is 13.7 Å². The van der Waals surface area contributed by atoms with Crippen LogP contribution in [0, 0.1) is 5.41 Å². The molecule has 232 valence electrons. The molecule has 2 aromatic heterocycles. The second-order valence-corrected chi connectivity index (χ2v) is 17.0. The topological polar surface area (TPSA) is 102 Å². The van der Waals surface area contributed by atoms with E-state index in [1.165, 1.54) is 24.0 Å². The zero-order valence-electron chi connectivity index (χ0n) is 26.2. The van der Waals surface area contributed by atoms with Gasteiger partial charge in [-0.2, -0.15) is 0 Å². The van der Waals surface area contributed by atoms with Crippen LogP contribution in [0.4, 0.5) is 0 Å². The third-order valence-corrected chi connectivity index (χ3v) is 12.4. The molecule has 1 saturated heterocycles. The van der Waals surface area contributed by atoms with E-state index in [2.05, 4.69) is 39.6 Å². The summed E-state index contributed by atoms with van der Waals surface area (Å²) in [4.78, 5) is 30.4.